The molecule has 2 N–H and O–H groups in total. The van der Waals surface area contributed by atoms with Crippen LogP contribution >= 0.6 is 0 Å². The van der Waals surface area contributed by atoms with Gasteiger partial charge in [0.05, 0.1) is 0 Å². The molecular weight excluding hydrogens is 227 g/mol. The van der Waals surface area contributed by atoms with Crippen molar-refractivity contribution in [1.82, 2.24) is 4.90 Å². The van der Waals surface area contributed by atoms with E-state index >= 15 is 0 Å². The molecule has 1 aliphatic carbocycles. The van der Waals surface area contributed by atoms with Crippen LogP contribution in [0.15, 0.2) is 24.3 Å². The standard InChI is InChI=1S/C15H23FN2/c1-18(10-12-6-8-14(16)9-7-12)11-13-4-2-3-5-15(13)17/h6-9,13,15H,2-5,10-11,17H2,1H3. The Labute approximate surface area is 109 Å². The molecule has 2 unspecified atom stereocenters. The summed E-state index contributed by atoms with van der Waals surface area (Å²) in [6.07, 6.45) is 4.99. The second-order valence-electron chi connectivity index (χ2n) is 5.53. The molecule has 0 spiro atoms. The molecule has 2 rings (SSSR count). The Bertz CT molecular complexity index is 363. The topological polar surface area (TPSA) is 29.3 Å². The second-order valence-corrected chi connectivity index (χ2v) is 5.53. The van der Waals surface area contributed by atoms with Gasteiger partial charge in [0.2, 0.25) is 0 Å². The van der Waals surface area contributed by atoms with Crippen molar-refractivity contribution in [2.75, 3.05) is 13.6 Å². The summed E-state index contributed by atoms with van der Waals surface area (Å²) >= 11 is 0. The van der Waals surface area contributed by atoms with Crippen LogP contribution < -0.4 is 5.73 Å². The van der Waals surface area contributed by atoms with E-state index in [0.717, 1.165) is 25.1 Å². The van der Waals surface area contributed by atoms with Gasteiger partial charge in [-0.25, -0.2) is 4.39 Å². The van der Waals surface area contributed by atoms with Gasteiger partial charge in [0.1, 0.15) is 5.82 Å². The third-order valence-corrected chi connectivity index (χ3v) is 3.88. The summed E-state index contributed by atoms with van der Waals surface area (Å²) in [6.45, 7) is 1.90. The third-order valence-electron chi connectivity index (χ3n) is 3.88. The highest BCUT2D eigenvalue weighted by Gasteiger charge is 2.22. The molecule has 100 valence electrons. The lowest BCUT2D eigenvalue weighted by molar-refractivity contribution is 0.206. The minimum Gasteiger partial charge on any atom is -0.327 e. The van der Waals surface area contributed by atoms with Gasteiger partial charge in [-0.2, -0.15) is 0 Å². The number of rotatable bonds is 4. The highest BCUT2D eigenvalue weighted by Crippen LogP contribution is 2.23. The summed E-state index contributed by atoms with van der Waals surface area (Å²) < 4.78 is 12.8. The van der Waals surface area contributed by atoms with Crippen molar-refractivity contribution >= 4 is 0 Å². The van der Waals surface area contributed by atoms with Crippen LogP contribution in [0.2, 0.25) is 0 Å². The summed E-state index contributed by atoms with van der Waals surface area (Å²) in [5.41, 5.74) is 7.32. The monoisotopic (exact) mass is 250 g/mol. The van der Waals surface area contributed by atoms with Crippen molar-refractivity contribution in [3.05, 3.63) is 35.6 Å². The van der Waals surface area contributed by atoms with Gasteiger partial charge in [-0.1, -0.05) is 25.0 Å². The summed E-state index contributed by atoms with van der Waals surface area (Å²) in [7, 11) is 2.12. The first-order chi connectivity index (χ1) is 8.65. The van der Waals surface area contributed by atoms with E-state index in [1.807, 2.05) is 12.1 Å². The van der Waals surface area contributed by atoms with Gasteiger partial charge in [0.25, 0.3) is 0 Å². The molecular formula is C15H23FN2. The molecule has 0 amide bonds. The van der Waals surface area contributed by atoms with Crippen molar-refractivity contribution in [3.8, 4) is 0 Å². The number of nitrogens with zero attached hydrogens (tertiary/aromatic N) is 1. The Morgan fingerprint density at radius 3 is 2.56 bits per heavy atom. The molecule has 18 heavy (non-hydrogen) atoms. The zero-order valence-corrected chi connectivity index (χ0v) is 11.1. The molecule has 0 bridgehead atoms. The molecule has 1 aliphatic rings. The van der Waals surface area contributed by atoms with E-state index in [2.05, 4.69) is 11.9 Å². The zero-order chi connectivity index (χ0) is 13.0. The second kappa shape index (κ2) is 6.30. The maximum atomic E-state index is 12.8. The Kier molecular flexibility index (Phi) is 4.72. The molecule has 1 fully saturated rings. The smallest absolute Gasteiger partial charge is 0.123 e. The van der Waals surface area contributed by atoms with E-state index in [9.17, 15) is 4.39 Å². The van der Waals surface area contributed by atoms with Crippen LogP contribution in [0.25, 0.3) is 0 Å². The predicted molar refractivity (Wildman–Crippen MR) is 72.7 cm³/mol. The lowest BCUT2D eigenvalue weighted by Gasteiger charge is -2.32. The van der Waals surface area contributed by atoms with Crippen LogP contribution in [0.3, 0.4) is 0 Å². The average molecular weight is 250 g/mol. The molecule has 0 aliphatic heterocycles. The van der Waals surface area contributed by atoms with Gasteiger partial charge in [-0.15, -0.1) is 0 Å². The summed E-state index contributed by atoms with van der Waals surface area (Å²) in [5.74, 6) is 0.444. The van der Waals surface area contributed by atoms with Crippen LogP contribution in [-0.4, -0.2) is 24.5 Å². The van der Waals surface area contributed by atoms with E-state index in [1.54, 1.807) is 0 Å². The maximum Gasteiger partial charge on any atom is 0.123 e. The number of benzene rings is 1. The van der Waals surface area contributed by atoms with E-state index in [4.69, 9.17) is 5.73 Å². The molecule has 2 nitrogen and oxygen atoms in total. The van der Waals surface area contributed by atoms with Crippen molar-refractivity contribution in [2.45, 2.75) is 38.3 Å². The van der Waals surface area contributed by atoms with Gasteiger partial charge in [-0.3, -0.25) is 0 Å². The van der Waals surface area contributed by atoms with Gasteiger partial charge < -0.3 is 10.6 Å². The zero-order valence-electron chi connectivity index (χ0n) is 11.1. The highest BCUT2D eigenvalue weighted by atomic mass is 19.1. The Hall–Kier alpha value is -0.930. The molecule has 1 aromatic carbocycles. The van der Waals surface area contributed by atoms with Crippen LogP contribution in [0, 0.1) is 11.7 Å². The van der Waals surface area contributed by atoms with Crippen molar-refractivity contribution < 1.29 is 4.39 Å². The van der Waals surface area contributed by atoms with Gasteiger partial charge >= 0.3 is 0 Å². The first-order valence-corrected chi connectivity index (χ1v) is 6.83. The van der Waals surface area contributed by atoms with E-state index in [-0.39, 0.29) is 5.82 Å². The number of hydrogen-bond donors (Lipinski definition) is 1. The van der Waals surface area contributed by atoms with E-state index in [1.165, 1.54) is 31.4 Å². The number of halogens is 1. The fraction of sp³-hybridized carbons (Fsp3) is 0.600. The lowest BCUT2D eigenvalue weighted by atomic mass is 9.85. The first-order valence-electron chi connectivity index (χ1n) is 6.83. The molecule has 1 aromatic rings. The lowest BCUT2D eigenvalue weighted by Crippen LogP contribution is -2.39. The first kappa shape index (κ1) is 13.5. The number of hydrogen-bond acceptors (Lipinski definition) is 2. The normalized spacial score (nSPS) is 24.4. The Balaban J connectivity index is 1.84. The fourth-order valence-electron chi connectivity index (χ4n) is 2.83. The Morgan fingerprint density at radius 1 is 1.22 bits per heavy atom. The summed E-state index contributed by atoms with van der Waals surface area (Å²) in [5, 5.41) is 0. The van der Waals surface area contributed by atoms with E-state index in [0.29, 0.717) is 12.0 Å². The third kappa shape index (κ3) is 3.79. The average Bonchev–Trinajstić information content (AvgIpc) is 2.35. The van der Waals surface area contributed by atoms with Gasteiger partial charge in [-0.05, 0) is 43.5 Å². The van der Waals surface area contributed by atoms with Gasteiger partial charge in [0.15, 0.2) is 0 Å². The summed E-state index contributed by atoms with van der Waals surface area (Å²) in [4.78, 5) is 2.29. The fourth-order valence-corrected chi connectivity index (χ4v) is 2.83. The molecule has 2 atom stereocenters. The quantitative estimate of drug-likeness (QED) is 0.890. The molecule has 0 radical (unpaired) electrons. The summed E-state index contributed by atoms with van der Waals surface area (Å²) in [6, 6.07) is 7.11. The molecule has 0 aromatic heterocycles. The van der Waals surface area contributed by atoms with Crippen LogP contribution in [0.5, 0.6) is 0 Å². The Morgan fingerprint density at radius 2 is 1.89 bits per heavy atom. The van der Waals surface area contributed by atoms with E-state index < -0.39 is 0 Å². The van der Waals surface area contributed by atoms with Crippen molar-refractivity contribution in [1.29, 1.82) is 0 Å². The molecule has 1 saturated carbocycles. The maximum absolute atomic E-state index is 12.8. The van der Waals surface area contributed by atoms with Crippen LogP contribution in [0.4, 0.5) is 4.39 Å². The predicted octanol–water partition coefficient (Wildman–Crippen LogP) is 2.78. The van der Waals surface area contributed by atoms with Crippen LogP contribution in [0.1, 0.15) is 31.2 Å². The molecule has 3 heteroatoms. The SMILES string of the molecule is CN(Cc1ccc(F)cc1)CC1CCCCC1N. The van der Waals surface area contributed by atoms with Crippen molar-refractivity contribution in [2.24, 2.45) is 11.7 Å². The van der Waals surface area contributed by atoms with Crippen LogP contribution in [-0.2, 0) is 6.54 Å². The minimum atomic E-state index is -0.171. The minimum absolute atomic E-state index is 0.171. The van der Waals surface area contributed by atoms with Crippen molar-refractivity contribution in [3.63, 3.8) is 0 Å². The largest absolute Gasteiger partial charge is 0.327 e. The molecule has 0 heterocycles. The van der Waals surface area contributed by atoms with Gasteiger partial charge in [0, 0.05) is 19.1 Å². The molecule has 0 saturated heterocycles. The highest BCUT2D eigenvalue weighted by molar-refractivity contribution is 5.15. The number of nitrogens with two attached hydrogens (primary N) is 1.